The Balaban J connectivity index is 1.53. The highest BCUT2D eigenvalue weighted by atomic mass is 32.2. The number of hydrogen-bond acceptors (Lipinski definition) is 5. The maximum absolute atomic E-state index is 13.4. The second-order valence-electron chi connectivity index (χ2n) is 10.5. The summed E-state index contributed by atoms with van der Waals surface area (Å²) < 4.78 is 30.1. The van der Waals surface area contributed by atoms with Crippen molar-refractivity contribution < 1.29 is 13.2 Å². The number of carbonyl (C=O) groups excluding carboxylic acids is 1. The van der Waals surface area contributed by atoms with Gasteiger partial charge < -0.3 is 14.8 Å². The molecule has 0 unspecified atom stereocenters. The predicted molar refractivity (Wildman–Crippen MR) is 148 cm³/mol. The minimum atomic E-state index is -3.75. The van der Waals surface area contributed by atoms with Crippen LogP contribution < -0.4 is 10.7 Å². The van der Waals surface area contributed by atoms with E-state index in [4.69, 9.17) is 0 Å². The van der Waals surface area contributed by atoms with Crippen LogP contribution in [0.4, 0.5) is 0 Å². The molecule has 9 heteroatoms. The molecule has 2 fully saturated rings. The monoisotopic (exact) mass is 530 g/mol. The molecule has 1 N–H and O–H groups in total. The predicted octanol–water partition coefficient (Wildman–Crippen LogP) is 3.97. The number of aryl methyl sites for hydroxylation is 1. The molecule has 0 bridgehead atoms. The van der Waals surface area contributed by atoms with Gasteiger partial charge in [-0.05, 0) is 76.9 Å². The molecule has 2 heterocycles. The molecule has 1 aliphatic heterocycles. The van der Waals surface area contributed by atoms with Gasteiger partial charge in [0.2, 0.25) is 15.5 Å². The number of sulfonamides is 1. The van der Waals surface area contributed by atoms with Gasteiger partial charge in [0.05, 0.1) is 10.4 Å². The van der Waals surface area contributed by atoms with Crippen molar-refractivity contribution in [2.24, 2.45) is 0 Å². The van der Waals surface area contributed by atoms with Crippen molar-refractivity contribution in [1.29, 1.82) is 0 Å². The van der Waals surface area contributed by atoms with E-state index in [1.165, 1.54) is 36.1 Å². The molecular formula is C28H42N4O4S. The molecule has 2 aliphatic rings. The Hall–Kier alpha value is -2.23. The Bertz CT molecular complexity index is 1240. The third kappa shape index (κ3) is 6.44. The second kappa shape index (κ2) is 12.5. The number of benzene rings is 1. The quantitative estimate of drug-likeness (QED) is 0.496. The summed E-state index contributed by atoms with van der Waals surface area (Å²) in [7, 11) is -2.12. The maximum atomic E-state index is 13.4. The van der Waals surface area contributed by atoms with Gasteiger partial charge >= 0.3 is 0 Å². The molecule has 4 rings (SSSR count). The van der Waals surface area contributed by atoms with E-state index in [-0.39, 0.29) is 21.9 Å². The van der Waals surface area contributed by atoms with Crippen LogP contribution in [-0.2, 0) is 16.6 Å². The molecule has 0 atom stereocenters. The van der Waals surface area contributed by atoms with E-state index in [0.717, 1.165) is 58.2 Å². The highest BCUT2D eigenvalue weighted by molar-refractivity contribution is 7.89. The average molecular weight is 531 g/mol. The summed E-state index contributed by atoms with van der Waals surface area (Å²) in [5.74, 6) is -0.405. The molecule has 0 spiro atoms. The number of hydrogen-bond donors (Lipinski definition) is 1. The largest absolute Gasteiger partial charge is 0.352 e. The first-order valence-electron chi connectivity index (χ1n) is 14.0. The molecule has 8 nitrogen and oxygen atoms in total. The van der Waals surface area contributed by atoms with Gasteiger partial charge in [0.15, 0.2) is 0 Å². The minimum absolute atomic E-state index is 0.0202. The Morgan fingerprint density at radius 2 is 1.73 bits per heavy atom. The van der Waals surface area contributed by atoms with Gasteiger partial charge in [-0.2, -0.15) is 4.31 Å². The fourth-order valence-corrected chi connectivity index (χ4v) is 7.17. The van der Waals surface area contributed by atoms with E-state index in [2.05, 4.69) is 10.2 Å². The molecule has 204 valence electrons. The zero-order chi connectivity index (χ0) is 26.4. The van der Waals surface area contributed by atoms with Gasteiger partial charge in [0.1, 0.15) is 5.56 Å². The van der Waals surface area contributed by atoms with Crippen molar-refractivity contribution in [3.63, 3.8) is 0 Å². The van der Waals surface area contributed by atoms with Crippen LogP contribution >= 0.6 is 0 Å². The van der Waals surface area contributed by atoms with Crippen LogP contribution in [-0.4, -0.2) is 67.4 Å². The van der Waals surface area contributed by atoms with Crippen molar-refractivity contribution in [3.05, 3.63) is 40.2 Å². The lowest BCUT2D eigenvalue weighted by molar-refractivity contribution is 0.0950. The number of fused-ring (bicyclic) bond motifs is 1. The summed E-state index contributed by atoms with van der Waals surface area (Å²) in [5.41, 5.74) is 0.255. The van der Waals surface area contributed by atoms with Crippen LogP contribution in [0.25, 0.3) is 10.9 Å². The van der Waals surface area contributed by atoms with E-state index in [9.17, 15) is 18.0 Å². The number of amides is 1. The molecule has 1 amide bonds. The minimum Gasteiger partial charge on any atom is -0.352 e. The summed E-state index contributed by atoms with van der Waals surface area (Å²) in [4.78, 5) is 29.0. The number of rotatable bonds is 9. The fourth-order valence-electron chi connectivity index (χ4n) is 5.73. The second-order valence-corrected chi connectivity index (χ2v) is 12.5. The number of carbonyl (C=O) groups is 1. The van der Waals surface area contributed by atoms with E-state index in [1.807, 2.05) is 11.5 Å². The standard InChI is InChI=1S/C28H42N4O4S/c1-3-32-21-25(28(34)29-16-11-19-31-17-9-4-5-10-18-31)27(33)24-20-23(14-15-26(24)32)37(35,36)30(2)22-12-7-6-8-13-22/h14-15,20-22H,3-13,16-19H2,1-2H3,(H,29,34). The lowest BCUT2D eigenvalue weighted by Gasteiger charge is -2.30. The van der Waals surface area contributed by atoms with Gasteiger partial charge in [-0.25, -0.2) is 8.42 Å². The normalized spacial score (nSPS) is 18.2. The molecule has 1 saturated carbocycles. The van der Waals surface area contributed by atoms with Crippen LogP contribution in [0.5, 0.6) is 0 Å². The van der Waals surface area contributed by atoms with Crippen molar-refractivity contribution in [2.45, 2.75) is 88.6 Å². The van der Waals surface area contributed by atoms with Gasteiger partial charge in [0.25, 0.3) is 5.91 Å². The summed E-state index contributed by atoms with van der Waals surface area (Å²) in [5, 5.41) is 3.17. The Morgan fingerprint density at radius 3 is 2.41 bits per heavy atom. The van der Waals surface area contributed by atoms with E-state index in [1.54, 1.807) is 25.4 Å². The maximum Gasteiger partial charge on any atom is 0.256 e. The number of aromatic nitrogens is 1. The fraction of sp³-hybridized carbons (Fsp3) is 0.643. The topological polar surface area (TPSA) is 91.7 Å². The first-order valence-corrected chi connectivity index (χ1v) is 15.4. The van der Waals surface area contributed by atoms with Crippen molar-refractivity contribution in [2.75, 3.05) is 33.2 Å². The van der Waals surface area contributed by atoms with Gasteiger partial charge in [-0.15, -0.1) is 0 Å². The van der Waals surface area contributed by atoms with E-state index < -0.39 is 21.4 Å². The van der Waals surface area contributed by atoms with Gasteiger partial charge in [-0.1, -0.05) is 32.1 Å². The molecule has 1 saturated heterocycles. The first-order chi connectivity index (χ1) is 17.8. The number of likely N-dealkylation sites (tertiary alicyclic amines) is 1. The highest BCUT2D eigenvalue weighted by Gasteiger charge is 2.29. The van der Waals surface area contributed by atoms with Crippen molar-refractivity contribution >= 4 is 26.8 Å². The van der Waals surface area contributed by atoms with Gasteiger partial charge in [0, 0.05) is 37.8 Å². The zero-order valence-electron chi connectivity index (χ0n) is 22.4. The number of nitrogens with zero attached hydrogens (tertiary/aromatic N) is 3. The van der Waals surface area contributed by atoms with Crippen molar-refractivity contribution in [3.8, 4) is 0 Å². The lowest BCUT2D eigenvalue weighted by Crippen LogP contribution is -2.38. The number of pyridine rings is 1. The summed E-state index contributed by atoms with van der Waals surface area (Å²) in [6, 6.07) is 4.69. The van der Waals surface area contributed by atoms with Gasteiger partial charge in [-0.3, -0.25) is 9.59 Å². The summed E-state index contributed by atoms with van der Waals surface area (Å²) in [6.07, 6.45) is 12.4. The molecular weight excluding hydrogens is 488 g/mol. The van der Waals surface area contributed by atoms with Crippen LogP contribution in [0.1, 0.15) is 81.5 Å². The average Bonchev–Trinajstić information content (AvgIpc) is 3.20. The SMILES string of the molecule is CCn1cc(C(=O)NCCCN2CCCCCC2)c(=O)c2cc(S(=O)(=O)N(C)C3CCCCC3)ccc21. The number of nitrogens with one attached hydrogen (secondary N) is 1. The van der Waals surface area contributed by atoms with Crippen molar-refractivity contribution in [1.82, 2.24) is 19.1 Å². The van der Waals surface area contributed by atoms with Crippen LogP contribution in [0.3, 0.4) is 0 Å². The zero-order valence-corrected chi connectivity index (χ0v) is 23.2. The van der Waals surface area contributed by atoms with Crippen LogP contribution in [0, 0.1) is 0 Å². The van der Waals surface area contributed by atoms with E-state index >= 15 is 0 Å². The molecule has 37 heavy (non-hydrogen) atoms. The summed E-state index contributed by atoms with van der Waals surface area (Å²) >= 11 is 0. The smallest absolute Gasteiger partial charge is 0.256 e. The molecule has 1 aliphatic carbocycles. The Labute approximate surface area is 221 Å². The molecule has 1 aromatic heterocycles. The first kappa shape index (κ1) is 27.8. The molecule has 2 aromatic rings. The third-order valence-electron chi connectivity index (χ3n) is 8.04. The molecule has 1 aromatic carbocycles. The summed E-state index contributed by atoms with van der Waals surface area (Å²) in [6.45, 7) is 6.16. The van der Waals surface area contributed by atoms with Crippen LogP contribution in [0.15, 0.2) is 34.1 Å². The third-order valence-corrected chi connectivity index (χ3v) is 9.94. The van der Waals surface area contributed by atoms with E-state index in [0.29, 0.717) is 18.6 Å². The Morgan fingerprint density at radius 1 is 1.05 bits per heavy atom. The molecule has 0 radical (unpaired) electrons. The Kier molecular flexibility index (Phi) is 9.42. The highest BCUT2D eigenvalue weighted by Crippen LogP contribution is 2.27. The van der Waals surface area contributed by atoms with Crippen LogP contribution in [0.2, 0.25) is 0 Å². The lowest BCUT2D eigenvalue weighted by atomic mass is 9.96.